The van der Waals surface area contributed by atoms with Crippen LogP contribution in [-0.2, 0) is 7.05 Å². The van der Waals surface area contributed by atoms with Gasteiger partial charge in [-0.3, -0.25) is 4.79 Å². The number of nitrogen functional groups attached to an aromatic ring is 1. The van der Waals surface area contributed by atoms with Gasteiger partial charge in [0.2, 0.25) is 5.78 Å². The van der Waals surface area contributed by atoms with E-state index >= 15 is 0 Å². The van der Waals surface area contributed by atoms with E-state index in [1.165, 1.54) is 10.8 Å². The molecule has 0 saturated heterocycles. The molecule has 0 aliphatic rings. The quantitative estimate of drug-likeness (QED) is 0.618. The number of hydrogen-bond acceptors (Lipinski definition) is 6. The minimum absolute atomic E-state index is 0.0646. The average Bonchev–Trinajstić information content (AvgIpc) is 2.97. The van der Waals surface area contributed by atoms with E-state index in [9.17, 15) is 4.79 Å². The van der Waals surface area contributed by atoms with Gasteiger partial charge < -0.3 is 10.3 Å². The van der Waals surface area contributed by atoms with Gasteiger partial charge in [0.25, 0.3) is 5.78 Å². The highest BCUT2D eigenvalue weighted by Gasteiger charge is 2.20. The maximum atomic E-state index is 12.2. The lowest BCUT2D eigenvalue weighted by Gasteiger charge is -2.04. The van der Waals surface area contributed by atoms with Crippen LogP contribution in [0.1, 0.15) is 16.2 Å². The third kappa shape index (κ3) is 1.35. The first kappa shape index (κ1) is 10.4. The lowest BCUT2D eigenvalue weighted by Crippen LogP contribution is -2.16. The van der Waals surface area contributed by atoms with E-state index in [0.717, 1.165) is 0 Å². The number of nitrogens with two attached hydrogens (primary N) is 1. The van der Waals surface area contributed by atoms with Crippen molar-refractivity contribution in [3.05, 3.63) is 36.0 Å². The van der Waals surface area contributed by atoms with Crippen molar-refractivity contribution in [1.29, 1.82) is 0 Å². The number of hydrogen-bond donors (Lipinski definition) is 1. The molecule has 0 spiro atoms. The molecule has 3 heterocycles. The highest BCUT2D eigenvalue weighted by Crippen LogP contribution is 2.13. The van der Waals surface area contributed by atoms with Crippen molar-refractivity contribution < 1.29 is 4.79 Å². The Morgan fingerprint density at radius 3 is 2.94 bits per heavy atom. The number of aromatic nitrogens is 6. The molecule has 2 N–H and O–H groups in total. The molecule has 8 nitrogen and oxygen atoms in total. The summed E-state index contributed by atoms with van der Waals surface area (Å²) in [7, 11) is 1.77. The molecule has 0 saturated carbocycles. The Balaban J connectivity index is 2.17. The number of nitrogens with zero attached hydrogens (tertiary/aromatic N) is 6. The van der Waals surface area contributed by atoms with Crippen LogP contribution in [0.2, 0.25) is 0 Å². The van der Waals surface area contributed by atoms with Crippen LogP contribution in [-0.4, -0.2) is 35.1 Å². The number of ketones is 1. The molecule has 0 bridgehead atoms. The third-order valence-corrected chi connectivity index (χ3v) is 2.63. The molecule has 18 heavy (non-hydrogen) atoms. The Labute approximate surface area is 101 Å². The Hall–Kier alpha value is -2.77. The van der Waals surface area contributed by atoms with E-state index < -0.39 is 0 Å². The fourth-order valence-electron chi connectivity index (χ4n) is 1.70. The summed E-state index contributed by atoms with van der Waals surface area (Å²) < 4.78 is 2.97. The summed E-state index contributed by atoms with van der Waals surface area (Å²) in [4.78, 5) is 16.1. The first-order chi connectivity index (χ1) is 8.68. The summed E-state index contributed by atoms with van der Waals surface area (Å²) in [6.07, 6.45) is 3.07. The summed E-state index contributed by atoms with van der Waals surface area (Å²) in [5.41, 5.74) is 6.39. The van der Waals surface area contributed by atoms with Crippen LogP contribution in [0.4, 0.5) is 5.82 Å². The second-order valence-corrected chi connectivity index (χ2v) is 3.74. The van der Waals surface area contributed by atoms with Crippen molar-refractivity contribution in [3.8, 4) is 0 Å². The van der Waals surface area contributed by atoms with Gasteiger partial charge in [-0.05, 0) is 12.1 Å². The van der Waals surface area contributed by atoms with E-state index in [-0.39, 0.29) is 23.1 Å². The molecule has 90 valence electrons. The van der Waals surface area contributed by atoms with Crippen LogP contribution in [0.15, 0.2) is 24.7 Å². The van der Waals surface area contributed by atoms with Crippen LogP contribution >= 0.6 is 0 Å². The smallest absolute Gasteiger partial charge is 0.273 e. The fourth-order valence-corrected chi connectivity index (χ4v) is 1.70. The number of aryl methyl sites for hydroxylation is 1. The maximum Gasteiger partial charge on any atom is 0.273 e. The van der Waals surface area contributed by atoms with Crippen LogP contribution in [0.3, 0.4) is 0 Å². The van der Waals surface area contributed by atoms with Gasteiger partial charge >= 0.3 is 0 Å². The molecule has 0 aliphatic carbocycles. The number of carbonyl (C=O) groups is 1. The number of carbonyl (C=O) groups excluding carboxylic acids is 1. The van der Waals surface area contributed by atoms with Gasteiger partial charge in [0, 0.05) is 13.2 Å². The molecule has 3 aromatic rings. The molecular weight excluding hydrogens is 234 g/mol. The van der Waals surface area contributed by atoms with Gasteiger partial charge in [-0.25, -0.2) is 0 Å². The molecule has 0 unspecified atom stereocenters. The van der Waals surface area contributed by atoms with Gasteiger partial charge in [-0.15, -0.1) is 10.2 Å². The lowest BCUT2D eigenvalue weighted by molar-refractivity contribution is 0.102. The minimum Gasteiger partial charge on any atom is -0.382 e. The van der Waals surface area contributed by atoms with E-state index in [4.69, 9.17) is 5.73 Å². The predicted octanol–water partition coefficient (Wildman–Crippen LogP) is -0.329. The second kappa shape index (κ2) is 3.62. The zero-order valence-corrected chi connectivity index (χ0v) is 9.48. The lowest BCUT2D eigenvalue weighted by atomic mass is 10.2. The molecule has 0 fully saturated rings. The Kier molecular flexibility index (Phi) is 2.09. The first-order valence-electron chi connectivity index (χ1n) is 5.16. The van der Waals surface area contributed by atoms with E-state index in [2.05, 4.69) is 20.3 Å². The van der Waals surface area contributed by atoms with Crippen molar-refractivity contribution in [2.24, 2.45) is 7.05 Å². The molecule has 0 aromatic carbocycles. The minimum atomic E-state index is -0.301. The summed E-state index contributed by atoms with van der Waals surface area (Å²) >= 11 is 0. The van der Waals surface area contributed by atoms with Crippen molar-refractivity contribution >= 4 is 17.4 Å². The number of rotatable bonds is 2. The zero-order valence-electron chi connectivity index (χ0n) is 9.48. The van der Waals surface area contributed by atoms with Crippen LogP contribution in [0.25, 0.3) is 5.78 Å². The van der Waals surface area contributed by atoms with E-state index in [0.29, 0.717) is 5.69 Å². The van der Waals surface area contributed by atoms with Crippen molar-refractivity contribution in [2.45, 2.75) is 0 Å². The standard InChI is InChI=1S/C10H9N7O/c1-16-4-2-3-6(16)8(18)7-9(11)17-10(15-14-7)12-5-13-17/h2-5H,11H2,1H3. The largest absolute Gasteiger partial charge is 0.382 e. The number of fused-ring (bicyclic) bond motifs is 1. The molecule has 3 aromatic heterocycles. The van der Waals surface area contributed by atoms with Crippen molar-refractivity contribution in [1.82, 2.24) is 29.4 Å². The molecular formula is C10H9N7O. The molecule has 8 heteroatoms. The highest BCUT2D eigenvalue weighted by atomic mass is 16.1. The third-order valence-electron chi connectivity index (χ3n) is 2.63. The van der Waals surface area contributed by atoms with E-state index in [1.54, 1.807) is 29.9 Å². The second-order valence-electron chi connectivity index (χ2n) is 3.74. The molecule has 0 aliphatic heterocycles. The van der Waals surface area contributed by atoms with Gasteiger partial charge in [-0.2, -0.15) is 14.6 Å². The van der Waals surface area contributed by atoms with Gasteiger partial charge in [0.15, 0.2) is 11.5 Å². The fraction of sp³-hybridized carbons (Fsp3) is 0.100. The number of anilines is 1. The summed E-state index contributed by atoms with van der Waals surface area (Å²) in [5.74, 6) is 0.0875. The summed E-state index contributed by atoms with van der Waals surface area (Å²) in [6.45, 7) is 0. The van der Waals surface area contributed by atoms with E-state index in [1.807, 2.05) is 0 Å². The first-order valence-corrected chi connectivity index (χ1v) is 5.16. The van der Waals surface area contributed by atoms with Gasteiger partial charge in [0.1, 0.15) is 6.33 Å². The normalized spacial score (nSPS) is 10.9. The summed E-state index contributed by atoms with van der Waals surface area (Å²) in [5, 5.41) is 11.5. The Bertz CT molecular complexity index is 742. The monoisotopic (exact) mass is 243 g/mol. The predicted molar refractivity (Wildman–Crippen MR) is 61.8 cm³/mol. The SMILES string of the molecule is Cn1cccc1C(=O)c1nnc2ncnn2c1N. The van der Waals surface area contributed by atoms with Crippen molar-refractivity contribution in [3.63, 3.8) is 0 Å². The Morgan fingerprint density at radius 2 is 2.22 bits per heavy atom. The van der Waals surface area contributed by atoms with Crippen LogP contribution in [0, 0.1) is 0 Å². The molecule has 0 radical (unpaired) electrons. The summed E-state index contributed by atoms with van der Waals surface area (Å²) in [6, 6.07) is 3.46. The highest BCUT2D eigenvalue weighted by molar-refractivity contribution is 6.09. The van der Waals surface area contributed by atoms with Crippen molar-refractivity contribution in [2.75, 3.05) is 5.73 Å². The topological polar surface area (TPSA) is 104 Å². The molecule has 0 atom stereocenters. The molecule has 0 amide bonds. The van der Waals surface area contributed by atoms with Crippen LogP contribution < -0.4 is 5.73 Å². The average molecular weight is 243 g/mol. The maximum absolute atomic E-state index is 12.2. The van der Waals surface area contributed by atoms with Crippen LogP contribution in [0.5, 0.6) is 0 Å². The molecule has 3 rings (SSSR count). The van der Waals surface area contributed by atoms with Gasteiger partial charge in [0.05, 0.1) is 5.69 Å². The van der Waals surface area contributed by atoms with Gasteiger partial charge in [-0.1, -0.05) is 0 Å². The zero-order chi connectivity index (χ0) is 12.7. The Morgan fingerprint density at radius 1 is 1.39 bits per heavy atom.